The third-order valence-corrected chi connectivity index (χ3v) is 3.36. The molecule has 0 bridgehead atoms. The molecule has 0 aliphatic heterocycles. The highest BCUT2D eigenvalue weighted by atomic mass is 16.6. The number of likely N-dealkylation sites (N-methyl/N-ethyl adjacent to an activating group) is 1. The van der Waals surface area contributed by atoms with Crippen molar-refractivity contribution in [1.29, 1.82) is 0 Å². The van der Waals surface area contributed by atoms with Gasteiger partial charge in [0, 0.05) is 13.7 Å². The lowest BCUT2D eigenvalue weighted by Gasteiger charge is -2.22. The molecular weight excluding hydrogens is 328 g/mol. The summed E-state index contributed by atoms with van der Waals surface area (Å²) in [4.78, 5) is 35.7. The molecule has 8 nitrogen and oxygen atoms in total. The van der Waals surface area contributed by atoms with E-state index < -0.39 is 18.1 Å². The fourth-order valence-electron chi connectivity index (χ4n) is 1.88. The number of carbonyl (C=O) groups excluding carboxylic acids is 3. The molecule has 0 fully saturated rings. The number of benzene rings is 1. The molecule has 1 N–H and O–H groups in total. The summed E-state index contributed by atoms with van der Waals surface area (Å²) >= 11 is 0. The van der Waals surface area contributed by atoms with Crippen molar-refractivity contribution < 1.29 is 28.6 Å². The Labute approximate surface area is 147 Å². The minimum Gasteiger partial charge on any atom is -0.463 e. The zero-order valence-electron chi connectivity index (χ0n) is 14.5. The molecule has 1 aromatic carbocycles. The summed E-state index contributed by atoms with van der Waals surface area (Å²) in [6.45, 7) is 0.579. The first-order valence-corrected chi connectivity index (χ1v) is 7.81. The van der Waals surface area contributed by atoms with Gasteiger partial charge in [-0.05, 0) is 12.6 Å². The highest BCUT2D eigenvalue weighted by Crippen LogP contribution is 2.00. The van der Waals surface area contributed by atoms with Gasteiger partial charge < -0.3 is 24.3 Å². The van der Waals surface area contributed by atoms with Crippen molar-refractivity contribution >= 4 is 18.3 Å². The fraction of sp³-hybridized carbons (Fsp3) is 0.471. The molecule has 1 atom stereocenters. The van der Waals surface area contributed by atoms with E-state index in [2.05, 4.69) is 5.32 Å². The number of hydrogen-bond donors (Lipinski definition) is 1. The number of aldehydes is 1. The number of hydrogen-bond acceptors (Lipinski definition) is 7. The van der Waals surface area contributed by atoms with E-state index in [9.17, 15) is 14.4 Å². The fourth-order valence-corrected chi connectivity index (χ4v) is 1.88. The van der Waals surface area contributed by atoms with Crippen molar-refractivity contribution in [3.05, 3.63) is 35.9 Å². The number of nitrogens with one attached hydrogen (secondary N) is 1. The Morgan fingerprint density at radius 1 is 1.24 bits per heavy atom. The van der Waals surface area contributed by atoms with Gasteiger partial charge in [-0.25, -0.2) is 4.79 Å². The Morgan fingerprint density at radius 3 is 2.60 bits per heavy atom. The molecule has 1 amide bonds. The predicted octanol–water partition coefficient (Wildman–Crippen LogP) is 0.602. The molecule has 0 aliphatic rings. The number of alkyl carbamates (subject to hydrolysis) is 1. The van der Waals surface area contributed by atoms with Crippen molar-refractivity contribution in [1.82, 2.24) is 10.2 Å². The van der Waals surface area contributed by atoms with Crippen LogP contribution >= 0.6 is 0 Å². The molecule has 0 saturated carbocycles. The topological polar surface area (TPSA) is 94.2 Å². The van der Waals surface area contributed by atoms with Crippen LogP contribution in [-0.2, 0) is 30.4 Å². The number of esters is 1. The van der Waals surface area contributed by atoms with E-state index in [-0.39, 0.29) is 26.4 Å². The summed E-state index contributed by atoms with van der Waals surface area (Å²) in [5, 5.41) is 2.32. The maximum atomic E-state index is 11.6. The van der Waals surface area contributed by atoms with Gasteiger partial charge in [0.15, 0.2) is 0 Å². The van der Waals surface area contributed by atoms with Crippen molar-refractivity contribution in [2.24, 2.45) is 0 Å². The number of rotatable bonds is 11. The number of ether oxygens (including phenoxy) is 3. The Bertz CT molecular complexity index is 537. The van der Waals surface area contributed by atoms with Gasteiger partial charge in [-0.15, -0.1) is 0 Å². The van der Waals surface area contributed by atoms with Gasteiger partial charge in [-0.2, -0.15) is 0 Å². The molecule has 0 radical (unpaired) electrons. The van der Waals surface area contributed by atoms with Gasteiger partial charge >= 0.3 is 12.1 Å². The standard InChI is InChI=1S/C17H24N2O6/c1-19(15(11-20)13-23-2)8-9-24-16(21)10-18-17(22)25-12-14-6-4-3-5-7-14/h3-7,11,15H,8-10,12-13H2,1-2H3,(H,18,22). The molecule has 1 unspecified atom stereocenters. The van der Waals surface area contributed by atoms with Crippen molar-refractivity contribution in [3.63, 3.8) is 0 Å². The number of methoxy groups -OCH3 is 1. The van der Waals surface area contributed by atoms with E-state index in [4.69, 9.17) is 14.2 Å². The Hall–Kier alpha value is -2.45. The van der Waals surface area contributed by atoms with Gasteiger partial charge in [0.2, 0.25) is 0 Å². The van der Waals surface area contributed by atoms with Crippen LogP contribution in [-0.4, -0.2) is 69.8 Å². The largest absolute Gasteiger partial charge is 0.463 e. The first kappa shape index (κ1) is 20.6. The smallest absolute Gasteiger partial charge is 0.407 e. The monoisotopic (exact) mass is 352 g/mol. The lowest BCUT2D eigenvalue weighted by molar-refractivity contribution is -0.143. The Kier molecular flexibility index (Phi) is 9.88. The third-order valence-electron chi connectivity index (χ3n) is 3.36. The van der Waals surface area contributed by atoms with Crippen molar-refractivity contribution in [2.75, 3.05) is 40.5 Å². The van der Waals surface area contributed by atoms with Gasteiger partial charge in [0.25, 0.3) is 0 Å². The molecule has 138 valence electrons. The summed E-state index contributed by atoms with van der Waals surface area (Å²) in [7, 11) is 3.23. The summed E-state index contributed by atoms with van der Waals surface area (Å²) in [6.07, 6.45) is 0.0781. The highest BCUT2D eigenvalue weighted by molar-refractivity contribution is 5.77. The van der Waals surface area contributed by atoms with E-state index in [0.29, 0.717) is 6.54 Å². The molecule has 1 aromatic rings. The maximum absolute atomic E-state index is 11.6. The van der Waals surface area contributed by atoms with Gasteiger partial charge in [0.1, 0.15) is 26.0 Å². The SMILES string of the molecule is COCC(C=O)N(C)CCOC(=O)CNC(=O)OCc1ccccc1. The normalized spacial score (nSPS) is 11.6. The van der Waals surface area contributed by atoms with Crippen LogP contribution in [0.15, 0.2) is 30.3 Å². The summed E-state index contributed by atoms with van der Waals surface area (Å²) < 4.78 is 14.9. The van der Waals surface area contributed by atoms with Crippen molar-refractivity contribution in [3.8, 4) is 0 Å². The second-order valence-corrected chi connectivity index (χ2v) is 5.28. The second-order valence-electron chi connectivity index (χ2n) is 5.28. The number of amides is 1. The molecule has 0 aliphatic carbocycles. The van der Waals surface area contributed by atoms with Crippen LogP contribution in [0.2, 0.25) is 0 Å². The van der Waals surface area contributed by atoms with E-state index in [1.165, 1.54) is 7.11 Å². The average molecular weight is 352 g/mol. The lowest BCUT2D eigenvalue weighted by Crippen LogP contribution is -2.39. The van der Waals surface area contributed by atoms with Crippen LogP contribution in [0, 0.1) is 0 Å². The minimum absolute atomic E-state index is 0.101. The predicted molar refractivity (Wildman–Crippen MR) is 89.9 cm³/mol. The maximum Gasteiger partial charge on any atom is 0.407 e. The van der Waals surface area contributed by atoms with E-state index in [1.807, 2.05) is 30.3 Å². The van der Waals surface area contributed by atoms with Crippen LogP contribution in [0.1, 0.15) is 5.56 Å². The van der Waals surface area contributed by atoms with Crippen LogP contribution in [0.3, 0.4) is 0 Å². The highest BCUT2D eigenvalue weighted by Gasteiger charge is 2.14. The van der Waals surface area contributed by atoms with Crippen LogP contribution < -0.4 is 5.32 Å². The lowest BCUT2D eigenvalue weighted by atomic mass is 10.2. The Balaban J connectivity index is 2.15. The van der Waals surface area contributed by atoms with E-state index >= 15 is 0 Å². The van der Waals surface area contributed by atoms with Crippen LogP contribution in [0.4, 0.5) is 4.79 Å². The molecule has 1 rings (SSSR count). The average Bonchev–Trinajstić information content (AvgIpc) is 2.63. The second kappa shape index (κ2) is 12.0. The molecule has 0 heterocycles. The minimum atomic E-state index is -0.695. The van der Waals surface area contributed by atoms with Gasteiger partial charge in [-0.1, -0.05) is 30.3 Å². The summed E-state index contributed by atoms with van der Waals surface area (Å²) in [5.41, 5.74) is 0.851. The van der Waals surface area contributed by atoms with E-state index in [1.54, 1.807) is 11.9 Å². The first-order valence-electron chi connectivity index (χ1n) is 7.81. The van der Waals surface area contributed by atoms with Crippen LogP contribution in [0.25, 0.3) is 0 Å². The van der Waals surface area contributed by atoms with Crippen molar-refractivity contribution in [2.45, 2.75) is 12.6 Å². The molecule has 0 saturated heterocycles. The quantitative estimate of drug-likeness (QED) is 0.460. The first-order chi connectivity index (χ1) is 12.1. The van der Waals surface area contributed by atoms with E-state index in [0.717, 1.165) is 11.8 Å². The number of nitrogens with zero attached hydrogens (tertiary/aromatic N) is 1. The number of carbonyl (C=O) groups is 3. The van der Waals surface area contributed by atoms with Gasteiger partial charge in [-0.3, -0.25) is 9.69 Å². The van der Waals surface area contributed by atoms with Gasteiger partial charge in [0.05, 0.1) is 12.6 Å². The molecular formula is C17H24N2O6. The molecule has 0 spiro atoms. The van der Waals surface area contributed by atoms with Crippen LogP contribution in [0.5, 0.6) is 0 Å². The molecule has 25 heavy (non-hydrogen) atoms. The third kappa shape index (κ3) is 8.83. The summed E-state index contributed by atoms with van der Waals surface area (Å²) in [6, 6.07) is 8.81. The summed E-state index contributed by atoms with van der Waals surface area (Å²) in [5.74, 6) is -0.584. The molecule has 8 heteroatoms. The zero-order valence-corrected chi connectivity index (χ0v) is 14.5. The molecule has 0 aromatic heterocycles. The Morgan fingerprint density at radius 2 is 1.96 bits per heavy atom. The zero-order chi connectivity index (χ0) is 18.5.